The summed E-state index contributed by atoms with van der Waals surface area (Å²) in [5, 5.41) is 0. The number of allylic oxidation sites excluding steroid dienone is 1. The summed E-state index contributed by atoms with van der Waals surface area (Å²) in [5.41, 5.74) is 0.971. The molecule has 0 aromatic heterocycles. The van der Waals surface area contributed by atoms with Crippen LogP contribution in [0.4, 0.5) is 0 Å². The van der Waals surface area contributed by atoms with Crippen molar-refractivity contribution in [2.24, 2.45) is 0 Å². The summed E-state index contributed by atoms with van der Waals surface area (Å²) in [5.74, 6) is 12.8. The van der Waals surface area contributed by atoms with Gasteiger partial charge in [-0.15, -0.1) is 5.92 Å². The smallest absolute Gasteiger partial charge is 0.176 e. The minimum Gasteiger partial charge on any atom is -0.494 e. The van der Waals surface area contributed by atoms with E-state index in [9.17, 15) is 0 Å². The first-order valence-corrected chi connectivity index (χ1v) is 6.81. The summed E-state index contributed by atoms with van der Waals surface area (Å²) in [7, 11) is 0. The van der Waals surface area contributed by atoms with Gasteiger partial charge in [0.2, 0.25) is 0 Å². The van der Waals surface area contributed by atoms with Gasteiger partial charge in [0.25, 0.3) is 0 Å². The molecule has 20 heavy (non-hydrogen) atoms. The van der Waals surface area contributed by atoms with Crippen molar-refractivity contribution in [3.63, 3.8) is 0 Å². The first kappa shape index (κ1) is 14.3. The lowest BCUT2D eigenvalue weighted by molar-refractivity contribution is 0.0718. The van der Waals surface area contributed by atoms with E-state index in [0.717, 1.165) is 30.8 Å². The Morgan fingerprint density at radius 3 is 2.85 bits per heavy atom. The van der Waals surface area contributed by atoms with Crippen LogP contribution in [0.3, 0.4) is 0 Å². The van der Waals surface area contributed by atoms with Gasteiger partial charge in [0.15, 0.2) is 6.10 Å². The molecule has 1 unspecified atom stereocenters. The standard InChI is InChI=1S/C18H18O2/c1-2-3-14-19-18(17-11-7-8-15-20-17)13-12-16-9-5-4-6-10-16/h4-6,9-11,18H,7-8,14-15H2,1H3. The highest BCUT2D eigenvalue weighted by atomic mass is 16.5. The number of benzene rings is 1. The van der Waals surface area contributed by atoms with Crippen LogP contribution in [0.1, 0.15) is 25.3 Å². The Morgan fingerprint density at radius 2 is 2.15 bits per heavy atom. The van der Waals surface area contributed by atoms with Gasteiger partial charge in [-0.05, 0) is 38.0 Å². The highest BCUT2D eigenvalue weighted by Gasteiger charge is 2.15. The zero-order valence-corrected chi connectivity index (χ0v) is 11.7. The molecular weight excluding hydrogens is 248 g/mol. The summed E-state index contributed by atoms with van der Waals surface area (Å²) in [6, 6.07) is 9.87. The molecule has 0 saturated heterocycles. The summed E-state index contributed by atoms with van der Waals surface area (Å²) in [4.78, 5) is 0. The fourth-order valence-corrected chi connectivity index (χ4v) is 1.82. The Morgan fingerprint density at radius 1 is 1.30 bits per heavy atom. The maximum Gasteiger partial charge on any atom is 0.176 e. The van der Waals surface area contributed by atoms with Crippen LogP contribution in [0.5, 0.6) is 0 Å². The van der Waals surface area contributed by atoms with Gasteiger partial charge in [-0.2, -0.15) is 0 Å². The highest BCUT2D eigenvalue weighted by Crippen LogP contribution is 2.16. The molecule has 2 heteroatoms. The van der Waals surface area contributed by atoms with Crippen LogP contribution in [0.25, 0.3) is 0 Å². The number of hydrogen-bond acceptors (Lipinski definition) is 2. The quantitative estimate of drug-likeness (QED) is 0.782. The van der Waals surface area contributed by atoms with Crippen molar-refractivity contribution in [1.29, 1.82) is 0 Å². The van der Waals surface area contributed by atoms with Gasteiger partial charge in [0.1, 0.15) is 12.4 Å². The summed E-state index contributed by atoms with van der Waals surface area (Å²) in [6.07, 6.45) is 3.79. The summed E-state index contributed by atoms with van der Waals surface area (Å²) < 4.78 is 11.3. The second-order valence-corrected chi connectivity index (χ2v) is 4.35. The third kappa shape index (κ3) is 4.50. The van der Waals surface area contributed by atoms with E-state index in [4.69, 9.17) is 9.47 Å². The van der Waals surface area contributed by atoms with E-state index in [2.05, 4.69) is 29.8 Å². The zero-order chi connectivity index (χ0) is 14.0. The number of hydrogen-bond donors (Lipinski definition) is 0. The number of rotatable bonds is 3. The van der Waals surface area contributed by atoms with E-state index >= 15 is 0 Å². The van der Waals surface area contributed by atoms with Gasteiger partial charge in [0, 0.05) is 5.56 Å². The maximum atomic E-state index is 5.70. The Bertz CT molecular complexity index is 564. The minimum atomic E-state index is -0.337. The molecule has 1 aromatic carbocycles. The predicted octanol–water partition coefficient (Wildman–Crippen LogP) is 3.14. The van der Waals surface area contributed by atoms with Crippen molar-refractivity contribution in [2.75, 3.05) is 13.2 Å². The van der Waals surface area contributed by atoms with Crippen LogP contribution < -0.4 is 0 Å². The molecule has 0 N–H and O–H groups in total. The molecular formula is C18H18O2. The third-order valence-electron chi connectivity index (χ3n) is 2.84. The SMILES string of the molecule is CC#CCOC(C#Cc1ccccc1)C1=CCCCO1. The molecule has 1 aromatic rings. The fraction of sp³-hybridized carbons (Fsp3) is 0.333. The number of ether oxygens (including phenoxy) is 2. The molecule has 2 rings (SSSR count). The largest absolute Gasteiger partial charge is 0.494 e. The van der Waals surface area contributed by atoms with Gasteiger partial charge in [-0.3, -0.25) is 0 Å². The van der Waals surface area contributed by atoms with Gasteiger partial charge in [-0.1, -0.05) is 36.0 Å². The molecule has 2 nitrogen and oxygen atoms in total. The average molecular weight is 266 g/mol. The van der Waals surface area contributed by atoms with Crippen LogP contribution in [0.2, 0.25) is 0 Å². The molecule has 0 spiro atoms. The summed E-state index contributed by atoms with van der Waals surface area (Å²) in [6.45, 7) is 2.90. The van der Waals surface area contributed by atoms with Crippen molar-refractivity contribution in [3.8, 4) is 23.7 Å². The highest BCUT2D eigenvalue weighted by molar-refractivity contribution is 5.36. The second-order valence-electron chi connectivity index (χ2n) is 4.35. The Kier molecular flexibility index (Phi) is 5.77. The van der Waals surface area contributed by atoms with Crippen molar-refractivity contribution in [1.82, 2.24) is 0 Å². The second kappa shape index (κ2) is 8.10. The lowest BCUT2D eigenvalue weighted by Crippen LogP contribution is -2.19. The van der Waals surface area contributed by atoms with Crippen LogP contribution >= 0.6 is 0 Å². The van der Waals surface area contributed by atoms with Crippen molar-refractivity contribution >= 4 is 0 Å². The monoisotopic (exact) mass is 266 g/mol. The zero-order valence-electron chi connectivity index (χ0n) is 11.7. The van der Waals surface area contributed by atoms with Gasteiger partial charge < -0.3 is 9.47 Å². The van der Waals surface area contributed by atoms with Gasteiger partial charge >= 0.3 is 0 Å². The van der Waals surface area contributed by atoms with E-state index in [-0.39, 0.29) is 6.10 Å². The van der Waals surface area contributed by atoms with Crippen molar-refractivity contribution in [2.45, 2.75) is 25.9 Å². The molecule has 0 saturated carbocycles. The maximum absolute atomic E-state index is 5.70. The molecule has 1 aliphatic heterocycles. The van der Waals surface area contributed by atoms with E-state index in [1.54, 1.807) is 6.92 Å². The first-order chi connectivity index (χ1) is 9.90. The summed E-state index contributed by atoms with van der Waals surface area (Å²) >= 11 is 0. The minimum absolute atomic E-state index is 0.337. The van der Waals surface area contributed by atoms with Gasteiger partial charge in [0.05, 0.1) is 6.61 Å². The predicted molar refractivity (Wildman–Crippen MR) is 79.8 cm³/mol. The van der Waals surface area contributed by atoms with Crippen LogP contribution in [0.15, 0.2) is 42.2 Å². The average Bonchev–Trinajstić information content (AvgIpc) is 2.52. The van der Waals surface area contributed by atoms with Crippen LogP contribution in [0, 0.1) is 23.7 Å². The van der Waals surface area contributed by atoms with Crippen molar-refractivity contribution in [3.05, 3.63) is 47.7 Å². The fourth-order valence-electron chi connectivity index (χ4n) is 1.82. The molecule has 1 aliphatic rings. The van der Waals surface area contributed by atoms with Crippen molar-refractivity contribution < 1.29 is 9.47 Å². The lowest BCUT2D eigenvalue weighted by atomic mass is 10.1. The van der Waals surface area contributed by atoms with Crippen LogP contribution in [-0.2, 0) is 9.47 Å². The van der Waals surface area contributed by atoms with E-state index in [1.165, 1.54) is 0 Å². The molecule has 1 heterocycles. The molecule has 0 amide bonds. The van der Waals surface area contributed by atoms with Crippen LogP contribution in [-0.4, -0.2) is 19.3 Å². The Hall–Kier alpha value is -2.16. The normalized spacial score (nSPS) is 14.8. The molecule has 102 valence electrons. The first-order valence-electron chi connectivity index (χ1n) is 6.81. The molecule has 0 fully saturated rings. The molecule has 0 aliphatic carbocycles. The molecule has 0 radical (unpaired) electrons. The van der Waals surface area contributed by atoms with E-state index in [0.29, 0.717) is 6.61 Å². The third-order valence-corrected chi connectivity index (χ3v) is 2.84. The van der Waals surface area contributed by atoms with E-state index < -0.39 is 0 Å². The molecule has 0 bridgehead atoms. The Labute approximate surface area is 120 Å². The topological polar surface area (TPSA) is 18.5 Å². The van der Waals surface area contributed by atoms with Gasteiger partial charge in [-0.25, -0.2) is 0 Å². The Balaban J connectivity index is 2.11. The molecule has 1 atom stereocenters. The lowest BCUT2D eigenvalue weighted by Gasteiger charge is -2.19. The van der Waals surface area contributed by atoms with E-state index in [1.807, 2.05) is 30.3 Å².